The van der Waals surface area contributed by atoms with Crippen molar-refractivity contribution in [1.29, 1.82) is 0 Å². The Morgan fingerprint density at radius 2 is 2.00 bits per heavy atom. The van der Waals surface area contributed by atoms with E-state index in [0.717, 1.165) is 6.42 Å². The number of carbonyl (C=O) groups is 2. The molecule has 7 heteroatoms. The number of hydrogen-bond donors (Lipinski definition) is 2. The first-order valence-corrected chi connectivity index (χ1v) is 11.4. The molecule has 174 valence electrons. The SMILES string of the molecule is CCCCC(F)(F)[C@@]1(O)CC(C)[C@H]2[C@@H](CC(=O)[C@@H]2CC(C)CC(C)CCC(=O)O)O1. The summed E-state index contributed by atoms with van der Waals surface area (Å²) in [5.41, 5.74) is 0. The van der Waals surface area contributed by atoms with Gasteiger partial charge in [-0.2, -0.15) is 0 Å². The van der Waals surface area contributed by atoms with E-state index in [2.05, 4.69) is 6.92 Å². The summed E-state index contributed by atoms with van der Waals surface area (Å²) in [5.74, 6) is -6.80. The highest BCUT2D eigenvalue weighted by atomic mass is 19.3. The van der Waals surface area contributed by atoms with Gasteiger partial charge in [-0.3, -0.25) is 9.59 Å². The van der Waals surface area contributed by atoms with Crippen molar-refractivity contribution >= 4 is 11.8 Å². The van der Waals surface area contributed by atoms with Crippen LogP contribution in [0.2, 0.25) is 0 Å². The molecule has 0 spiro atoms. The molecule has 5 nitrogen and oxygen atoms in total. The first-order valence-electron chi connectivity index (χ1n) is 11.4. The summed E-state index contributed by atoms with van der Waals surface area (Å²) in [5, 5.41) is 19.5. The minimum Gasteiger partial charge on any atom is -0.481 e. The number of carbonyl (C=O) groups excluding carboxylic acids is 1. The molecule has 0 aromatic heterocycles. The van der Waals surface area contributed by atoms with Crippen molar-refractivity contribution in [3.05, 3.63) is 0 Å². The number of ketones is 1. The Labute approximate surface area is 178 Å². The maximum atomic E-state index is 14.7. The number of carboxylic acids is 1. The van der Waals surface area contributed by atoms with E-state index in [9.17, 15) is 23.5 Å². The Morgan fingerprint density at radius 1 is 1.33 bits per heavy atom. The van der Waals surface area contributed by atoms with E-state index in [1.54, 1.807) is 0 Å². The molecule has 2 fully saturated rings. The monoisotopic (exact) mass is 432 g/mol. The number of carboxylic acid groups (broad SMARTS) is 1. The smallest absolute Gasteiger partial charge is 0.303 e. The van der Waals surface area contributed by atoms with Gasteiger partial charge in [0.05, 0.1) is 6.10 Å². The van der Waals surface area contributed by atoms with Crippen LogP contribution in [0.4, 0.5) is 8.78 Å². The van der Waals surface area contributed by atoms with Gasteiger partial charge in [0, 0.05) is 31.6 Å². The predicted molar refractivity (Wildman–Crippen MR) is 109 cm³/mol. The summed E-state index contributed by atoms with van der Waals surface area (Å²) < 4.78 is 35.0. The zero-order chi connectivity index (χ0) is 22.7. The largest absolute Gasteiger partial charge is 0.481 e. The van der Waals surface area contributed by atoms with Crippen molar-refractivity contribution in [1.82, 2.24) is 0 Å². The van der Waals surface area contributed by atoms with Crippen LogP contribution in [0.5, 0.6) is 0 Å². The first kappa shape index (κ1) is 25.2. The lowest BCUT2D eigenvalue weighted by Crippen LogP contribution is -2.58. The Bertz CT molecular complexity index is 610. The minimum absolute atomic E-state index is 0.0306. The summed E-state index contributed by atoms with van der Waals surface area (Å²) in [6.07, 6.45) is 1.94. The highest BCUT2D eigenvalue weighted by Crippen LogP contribution is 2.52. The van der Waals surface area contributed by atoms with E-state index in [1.807, 2.05) is 20.8 Å². The summed E-state index contributed by atoms with van der Waals surface area (Å²) in [4.78, 5) is 23.5. The molecule has 1 aliphatic carbocycles. The Morgan fingerprint density at radius 3 is 2.60 bits per heavy atom. The number of alkyl halides is 2. The molecule has 7 atom stereocenters. The fourth-order valence-corrected chi connectivity index (χ4v) is 5.54. The molecule has 3 unspecified atom stereocenters. The molecule has 0 radical (unpaired) electrons. The van der Waals surface area contributed by atoms with Gasteiger partial charge in [-0.1, -0.05) is 34.1 Å². The van der Waals surface area contributed by atoms with Gasteiger partial charge < -0.3 is 14.9 Å². The van der Waals surface area contributed by atoms with Crippen molar-refractivity contribution in [2.75, 3.05) is 0 Å². The van der Waals surface area contributed by atoms with Crippen LogP contribution in [0.25, 0.3) is 0 Å². The van der Waals surface area contributed by atoms with Crippen LogP contribution in [-0.4, -0.2) is 39.8 Å². The number of unbranched alkanes of at least 4 members (excludes halogenated alkanes) is 1. The highest BCUT2D eigenvalue weighted by molar-refractivity contribution is 5.84. The van der Waals surface area contributed by atoms with Crippen molar-refractivity contribution in [2.24, 2.45) is 29.6 Å². The second-order valence-electron chi connectivity index (χ2n) is 9.90. The van der Waals surface area contributed by atoms with E-state index in [1.165, 1.54) is 0 Å². The fraction of sp³-hybridized carbons (Fsp3) is 0.913. The van der Waals surface area contributed by atoms with E-state index in [0.29, 0.717) is 25.7 Å². The molecule has 0 amide bonds. The van der Waals surface area contributed by atoms with Crippen molar-refractivity contribution in [3.63, 3.8) is 0 Å². The van der Waals surface area contributed by atoms with E-state index in [-0.39, 0.29) is 54.6 Å². The molecule has 0 aromatic rings. The number of aliphatic hydroxyl groups is 1. The molecular weight excluding hydrogens is 394 g/mol. The van der Waals surface area contributed by atoms with Crippen molar-refractivity contribution < 1.29 is 33.3 Å². The van der Waals surface area contributed by atoms with Crippen LogP contribution in [0.1, 0.15) is 85.5 Å². The average molecular weight is 433 g/mol. The lowest BCUT2D eigenvalue weighted by Gasteiger charge is -2.47. The number of Topliss-reactive ketones (excluding diaryl/α,β-unsaturated/α-hetero) is 1. The lowest BCUT2D eigenvalue weighted by molar-refractivity contribution is -0.364. The molecular formula is C23H38F2O5. The minimum atomic E-state index is -3.34. The summed E-state index contributed by atoms with van der Waals surface area (Å²) in [6, 6.07) is 0. The molecule has 2 rings (SSSR count). The van der Waals surface area contributed by atoms with Crippen molar-refractivity contribution in [2.45, 2.75) is 103 Å². The normalized spacial score (nSPS) is 33.9. The number of rotatable bonds is 11. The van der Waals surface area contributed by atoms with Gasteiger partial charge in [-0.25, -0.2) is 8.78 Å². The summed E-state index contributed by atoms with van der Waals surface area (Å²) >= 11 is 0. The molecule has 2 N–H and O–H groups in total. The van der Waals surface area contributed by atoms with Gasteiger partial charge in [0.25, 0.3) is 0 Å². The maximum absolute atomic E-state index is 14.7. The zero-order valence-corrected chi connectivity index (χ0v) is 18.7. The zero-order valence-electron chi connectivity index (χ0n) is 18.7. The third-order valence-corrected chi connectivity index (χ3v) is 7.04. The first-order chi connectivity index (χ1) is 13.9. The van der Waals surface area contributed by atoms with Gasteiger partial charge in [0.1, 0.15) is 5.78 Å². The van der Waals surface area contributed by atoms with E-state index < -0.39 is 30.2 Å². The van der Waals surface area contributed by atoms with Crippen LogP contribution in [-0.2, 0) is 14.3 Å². The molecule has 0 aromatic carbocycles. The predicted octanol–water partition coefficient (Wildman–Crippen LogP) is 5.05. The van der Waals surface area contributed by atoms with E-state index >= 15 is 0 Å². The average Bonchev–Trinajstić information content (AvgIpc) is 2.93. The maximum Gasteiger partial charge on any atom is 0.303 e. The van der Waals surface area contributed by atoms with Crippen LogP contribution in [0.3, 0.4) is 0 Å². The van der Waals surface area contributed by atoms with Crippen LogP contribution in [0.15, 0.2) is 0 Å². The summed E-state index contributed by atoms with van der Waals surface area (Å²) in [6.45, 7) is 7.74. The summed E-state index contributed by atoms with van der Waals surface area (Å²) in [7, 11) is 0. The lowest BCUT2D eigenvalue weighted by atomic mass is 9.73. The standard InChI is InChI=1S/C23H38F2O5/c1-5-6-9-22(24,25)23(29)13-16(4)21-17(18(26)12-19(21)30-23)11-15(3)10-14(2)7-8-20(27)28/h14-17,19,21,29H,5-13H2,1-4H3,(H,27,28)/t14?,15?,16?,17-,19+,21+,23+/m0/s1. The van der Waals surface area contributed by atoms with Gasteiger partial charge in [-0.15, -0.1) is 0 Å². The molecule has 1 aliphatic heterocycles. The number of fused-ring (bicyclic) bond motifs is 1. The quantitative estimate of drug-likeness (QED) is 0.477. The third kappa shape index (κ3) is 5.78. The fourth-order valence-electron chi connectivity index (χ4n) is 5.54. The second kappa shape index (κ2) is 10.0. The molecule has 1 saturated carbocycles. The molecule has 1 saturated heterocycles. The molecule has 0 bridgehead atoms. The number of halogens is 2. The van der Waals surface area contributed by atoms with Crippen molar-refractivity contribution in [3.8, 4) is 0 Å². The van der Waals surface area contributed by atoms with Crippen LogP contribution >= 0.6 is 0 Å². The number of hydrogen-bond acceptors (Lipinski definition) is 4. The number of ether oxygens (including phenoxy) is 1. The molecule has 1 heterocycles. The Balaban J connectivity index is 2.02. The van der Waals surface area contributed by atoms with Crippen LogP contribution < -0.4 is 0 Å². The van der Waals surface area contributed by atoms with Gasteiger partial charge in [0.2, 0.25) is 5.79 Å². The molecule has 2 aliphatic rings. The highest BCUT2D eigenvalue weighted by Gasteiger charge is 2.62. The molecule has 30 heavy (non-hydrogen) atoms. The Hall–Kier alpha value is -1.08. The third-order valence-electron chi connectivity index (χ3n) is 7.04. The second-order valence-corrected chi connectivity index (χ2v) is 9.90. The van der Waals surface area contributed by atoms with E-state index in [4.69, 9.17) is 9.84 Å². The topological polar surface area (TPSA) is 83.8 Å². The van der Waals surface area contributed by atoms with Gasteiger partial charge in [-0.05, 0) is 49.4 Å². The Kier molecular flexibility index (Phi) is 8.42. The van der Waals surface area contributed by atoms with Gasteiger partial charge >= 0.3 is 11.9 Å². The number of aliphatic carboxylic acids is 1. The van der Waals surface area contributed by atoms with Crippen LogP contribution in [0, 0.1) is 29.6 Å². The van der Waals surface area contributed by atoms with Gasteiger partial charge in [0.15, 0.2) is 0 Å².